The average Bonchev–Trinajstić information content (AvgIpc) is 3.05. The summed E-state index contributed by atoms with van der Waals surface area (Å²) in [6.07, 6.45) is -4.02. The first-order valence-electron chi connectivity index (χ1n) is 8.96. The van der Waals surface area contributed by atoms with Gasteiger partial charge < -0.3 is 20.3 Å². The number of ether oxygens (including phenoxy) is 1. The van der Waals surface area contributed by atoms with Gasteiger partial charge in [-0.15, -0.1) is 13.2 Å². The van der Waals surface area contributed by atoms with Crippen molar-refractivity contribution in [3.63, 3.8) is 0 Å². The van der Waals surface area contributed by atoms with E-state index in [0.29, 0.717) is 12.2 Å². The van der Waals surface area contributed by atoms with E-state index in [1.807, 2.05) is 12.1 Å². The number of halogens is 3. The predicted molar refractivity (Wildman–Crippen MR) is 103 cm³/mol. The zero-order valence-electron chi connectivity index (χ0n) is 15.8. The van der Waals surface area contributed by atoms with Crippen LogP contribution in [0.2, 0.25) is 0 Å². The Kier molecular flexibility index (Phi) is 5.67. The zero-order chi connectivity index (χ0) is 21.2. The van der Waals surface area contributed by atoms with Gasteiger partial charge in [-0.1, -0.05) is 0 Å². The molecule has 1 atom stereocenters. The molecule has 0 aliphatic carbocycles. The Bertz CT molecular complexity index is 913. The molecular weight excluding hydrogens is 387 g/mol. The van der Waals surface area contributed by atoms with Gasteiger partial charge in [-0.2, -0.15) is 0 Å². The lowest BCUT2D eigenvalue weighted by Crippen LogP contribution is -2.31. The number of hydrogen-bond donors (Lipinski definition) is 2. The van der Waals surface area contributed by atoms with Gasteiger partial charge in [-0.25, -0.2) is 0 Å². The summed E-state index contributed by atoms with van der Waals surface area (Å²) in [5, 5.41) is 5.72. The van der Waals surface area contributed by atoms with Crippen LogP contribution in [0.15, 0.2) is 42.5 Å². The minimum atomic E-state index is -4.76. The molecule has 29 heavy (non-hydrogen) atoms. The first kappa shape index (κ1) is 20.5. The van der Waals surface area contributed by atoms with Crippen LogP contribution in [0, 0.1) is 0 Å². The molecule has 2 N–H and O–H groups in total. The first-order valence-corrected chi connectivity index (χ1v) is 8.96. The highest BCUT2D eigenvalue weighted by atomic mass is 19.4. The maximum Gasteiger partial charge on any atom is 0.573 e. The summed E-state index contributed by atoms with van der Waals surface area (Å²) in [7, 11) is 0. The number of anilines is 3. The molecule has 0 fully saturated rings. The van der Waals surface area contributed by atoms with Gasteiger partial charge in [0.2, 0.25) is 11.8 Å². The highest BCUT2D eigenvalue weighted by molar-refractivity contribution is 5.97. The van der Waals surface area contributed by atoms with Crippen LogP contribution in [0.4, 0.5) is 30.2 Å². The van der Waals surface area contributed by atoms with Crippen molar-refractivity contribution in [2.45, 2.75) is 32.7 Å². The maximum atomic E-state index is 12.4. The van der Waals surface area contributed by atoms with Crippen molar-refractivity contribution in [1.82, 2.24) is 0 Å². The molecule has 0 bridgehead atoms. The Labute approximate surface area is 165 Å². The summed E-state index contributed by atoms with van der Waals surface area (Å²) < 4.78 is 40.4. The summed E-state index contributed by atoms with van der Waals surface area (Å²) in [6.45, 7) is 3.83. The van der Waals surface area contributed by atoms with Crippen molar-refractivity contribution in [2.75, 3.05) is 22.1 Å². The van der Waals surface area contributed by atoms with Gasteiger partial charge in [0.1, 0.15) is 11.8 Å². The van der Waals surface area contributed by atoms with E-state index in [9.17, 15) is 22.8 Å². The Hall–Kier alpha value is -3.23. The van der Waals surface area contributed by atoms with Crippen LogP contribution in [0.3, 0.4) is 0 Å². The van der Waals surface area contributed by atoms with Crippen LogP contribution in [-0.4, -0.2) is 30.8 Å². The predicted octanol–water partition coefficient (Wildman–Crippen LogP) is 3.93. The molecular formula is C20H20F3N3O3. The van der Waals surface area contributed by atoms with Gasteiger partial charge in [0, 0.05) is 30.5 Å². The van der Waals surface area contributed by atoms with E-state index in [-0.39, 0.29) is 17.6 Å². The average molecular weight is 407 g/mol. The minimum absolute atomic E-state index is 0.0103. The second kappa shape index (κ2) is 8.02. The normalized spacial score (nSPS) is 14.2. The molecule has 0 aromatic heterocycles. The van der Waals surface area contributed by atoms with E-state index in [1.165, 1.54) is 19.1 Å². The zero-order valence-corrected chi connectivity index (χ0v) is 15.8. The number of carbonyl (C=O) groups is 2. The molecule has 2 aromatic carbocycles. The molecule has 0 unspecified atom stereocenters. The molecule has 3 rings (SSSR count). The van der Waals surface area contributed by atoms with Gasteiger partial charge in [0.05, 0.1) is 0 Å². The summed E-state index contributed by atoms with van der Waals surface area (Å²) in [6, 6.07) is 9.87. The van der Waals surface area contributed by atoms with Crippen molar-refractivity contribution >= 4 is 28.9 Å². The van der Waals surface area contributed by atoms with E-state index in [2.05, 4.69) is 15.4 Å². The fraction of sp³-hybridized carbons (Fsp3) is 0.300. The summed E-state index contributed by atoms with van der Waals surface area (Å²) >= 11 is 0. The molecule has 0 saturated carbocycles. The lowest BCUT2D eigenvalue weighted by atomic mass is 10.1. The Morgan fingerprint density at radius 2 is 1.76 bits per heavy atom. The minimum Gasteiger partial charge on any atom is -0.406 e. The maximum absolute atomic E-state index is 12.4. The molecule has 1 aliphatic heterocycles. The highest BCUT2D eigenvalue weighted by Crippen LogP contribution is 2.30. The van der Waals surface area contributed by atoms with Gasteiger partial charge in [-0.3, -0.25) is 9.59 Å². The van der Waals surface area contributed by atoms with Crippen LogP contribution in [-0.2, 0) is 16.0 Å². The SMILES string of the molecule is CC(=O)N1CCc2cc(N[C@@H](C)C(=O)Nc3ccc(OC(F)(F)F)cc3)ccc21. The fourth-order valence-electron chi connectivity index (χ4n) is 3.12. The number of amides is 2. The third kappa shape index (κ3) is 5.18. The molecule has 9 heteroatoms. The Morgan fingerprint density at radius 1 is 1.10 bits per heavy atom. The molecule has 0 radical (unpaired) electrons. The number of nitrogens with zero attached hydrogens (tertiary/aromatic N) is 1. The van der Waals surface area contributed by atoms with E-state index in [1.54, 1.807) is 17.9 Å². The molecule has 2 amide bonds. The smallest absolute Gasteiger partial charge is 0.406 e. The van der Waals surface area contributed by atoms with Crippen molar-refractivity contribution in [1.29, 1.82) is 0 Å². The van der Waals surface area contributed by atoms with Gasteiger partial charge in [0.25, 0.3) is 0 Å². The Morgan fingerprint density at radius 3 is 2.38 bits per heavy atom. The second-order valence-electron chi connectivity index (χ2n) is 6.69. The van der Waals surface area contributed by atoms with Crippen molar-refractivity contribution in [2.24, 2.45) is 0 Å². The molecule has 1 aliphatic rings. The van der Waals surface area contributed by atoms with Crippen molar-refractivity contribution in [3.05, 3.63) is 48.0 Å². The standard InChI is InChI=1S/C20H20F3N3O3/c1-12(19(28)25-15-3-6-17(7-4-15)29-20(21,22)23)24-16-5-8-18-14(11-16)9-10-26(18)13(2)27/h3-8,11-12,24H,9-10H2,1-2H3,(H,25,28)/t12-/m0/s1. The molecule has 0 saturated heterocycles. The molecule has 6 nitrogen and oxygen atoms in total. The van der Waals surface area contributed by atoms with Crippen LogP contribution < -0.4 is 20.3 Å². The monoisotopic (exact) mass is 407 g/mol. The van der Waals surface area contributed by atoms with Crippen LogP contribution in [0.5, 0.6) is 5.75 Å². The van der Waals surface area contributed by atoms with E-state index < -0.39 is 12.4 Å². The molecule has 0 spiro atoms. The number of rotatable bonds is 5. The summed E-state index contributed by atoms with van der Waals surface area (Å²) in [4.78, 5) is 25.7. The van der Waals surface area contributed by atoms with E-state index in [0.717, 1.165) is 35.5 Å². The number of benzene rings is 2. The highest BCUT2D eigenvalue weighted by Gasteiger charge is 2.31. The third-order valence-electron chi connectivity index (χ3n) is 4.49. The number of nitrogens with one attached hydrogen (secondary N) is 2. The van der Waals surface area contributed by atoms with Gasteiger partial charge in [-0.05, 0) is 61.4 Å². The fourth-order valence-corrected chi connectivity index (χ4v) is 3.12. The molecule has 1 heterocycles. The number of alkyl halides is 3. The van der Waals surface area contributed by atoms with Gasteiger partial charge >= 0.3 is 6.36 Å². The quantitative estimate of drug-likeness (QED) is 0.788. The van der Waals surface area contributed by atoms with Crippen LogP contribution >= 0.6 is 0 Å². The number of carbonyl (C=O) groups excluding carboxylic acids is 2. The number of hydrogen-bond acceptors (Lipinski definition) is 4. The number of fused-ring (bicyclic) bond motifs is 1. The topological polar surface area (TPSA) is 70.7 Å². The van der Waals surface area contributed by atoms with Crippen LogP contribution in [0.25, 0.3) is 0 Å². The first-order chi connectivity index (χ1) is 13.6. The van der Waals surface area contributed by atoms with Gasteiger partial charge in [0.15, 0.2) is 0 Å². The molecule has 2 aromatic rings. The van der Waals surface area contributed by atoms with Crippen LogP contribution in [0.1, 0.15) is 19.4 Å². The largest absolute Gasteiger partial charge is 0.573 e. The van der Waals surface area contributed by atoms with E-state index in [4.69, 9.17) is 0 Å². The van der Waals surface area contributed by atoms with Crippen molar-refractivity contribution in [3.8, 4) is 5.75 Å². The Balaban J connectivity index is 1.59. The lowest BCUT2D eigenvalue weighted by molar-refractivity contribution is -0.274. The summed E-state index contributed by atoms with van der Waals surface area (Å²) in [5.41, 5.74) is 2.99. The second-order valence-corrected chi connectivity index (χ2v) is 6.69. The summed E-state index contributed by atoms with van der Waals surface area (Å²) in [5.74, 6) is -0.719. The molecule has 154 valence electrons. The lowest BCUT2D eigenvalue weighted by Gasteiger charge is -2.18. The third-order valence-corrected chi connectivity index (χ3v) is 4.49. The van der Waals surface area contributed by atoms with E-state index >= 15 is 0 Å². The van der Waals surface area contributed by atoms with Crippen molar-refractivity contribution < 1.29 is 27.5 Å².